The topological polar surface area (TPSA) is 185 Å². The van der Waals surface area contributed by atoms with Crippen molar-refractivity contribution in [3.05, 3.63) is 55.9 Å². The van der Waals surface area contributed by atoms with Crippen LogP contribution in [-0.4, -0.2) is 58.6 Å². The highest BCUT2D eigenvalue weighted by atomic mass is 35.5. The first-order valence-electron chi connectivity index (χ1n) is 11.1. The van der Waals surface area contributed by atoms with Gasteiger partial charge in [-0.3, -0.25) is 24.2 Å². The van der Waals surface area contributed by atoms with E-state index < -0.39 is 48.1 Å². The van der Waals surface area contributed by atoms with Crippen LogP contribution in [0.5, 0.6) is 5.75 Å². The molecule has 0 bridgehead atoms. The second-order valence-electron chi connectivity index (χ2n) is 9.16. The number of aromatic hydroxyl groups is 1. The van der Waals surface area contributed by atoms with Gasteiger partial charge in [0.1, 0.15) is 11.4 Å². The Labute approximate surface area is 221 Å². The maximum atomic E-state index is 12.6. The number of aliphatic carboxylic acids is 1. The molecule has 0 radical (unpaired) electrons. The summed E-state index contributed by atoms with van der Waals surface area (Å²) in [6, 6.07) is 2.70. The van der Waals surface area contributed by atoms with Crippen molar-refractivity contribution >= 4 is 52.6 Å². The van der Waals surface area contributed by atoms with Gasteiger partial charge >= 0.3 is 5.97 Å². The molecule has 1 aliphatic heterocycles. The highest BCUT2D eigenvalue weighted by Crippen LogP contribution is 2.36. The van der Waals surface area contributed by atoms with Crippen LogP contribution in [0.1, 0.15) is 42.2 Å². The molecule has 0 fully saturated rings. The Bertz CT molecular complexity index is 1310. The molecule has 0 aliphatic carbocycles. The monoisotopic (exact) mass is 552 g/mol. The molecule has 0 unspecified atom stereocenters. The molecule has 0 saturated heterocycles. The summed E-state index contributed by atoms with van der Waals surface area (Å²) in [7, 11) is 0. The normalized spacial score (nSPS) is 15.1. The van der Waals surface area contributed by atoms with E-state index in [-0.39, 0.29) is 32.3 Å². The summed E-state index contributed by atoms with van der Waals surface area (Å²) in [5.74, 6) is -2.68. The molecule has 1 atom stereocenters. The van der Waals surface area contributed by atoms with Gasteiger partial charge in [0.2, 0.25) is 5.91 Å². The number of anilines is 1. The van der Waals surface area contributed by atoms with Crippen LogP contribution in [0.4, 0.5) is 5.69 Å². The third-order valence-corrected chi connectivity index (χ3v) is 5.88. The van der Waals surface area contributed by atoms with E-state index >= 15 is 0 Å². The van der Waals surface area contributed by atoms with E-state index in [4.69, 9.17) is 23.2 Å². The number of carbonyl (C=O) groups is 3. The number of aliphatic imine (C=N–C) groups is 1. The first kappa shape index (κ1) is 27.8. The molecule has 0 spiro atoms. The van der Waals surface area contributed by atoms with Gasteiger partial charge in [-0.25, -0.2) is 0 Å². The zero-order chi connectivity index (χ0) is 27.3. The van der Waals surface area contributed by atoms with E-state index in [0.717, 1.165) is 0 Å². The van der Waals surface area contributed by atoms with Crippen molar-refractivity contribution in [2.24, 2.45) is 10.4 Å². The largest absolute Gasteiger partial charge is 0.506 e. The van der Waals surface area contributed by atoms with Gasteiger partial charge in [-0.05, 0) is 18.2 Å². The van der Waals surface area contributed by atoms with Gasteiger partial charge in [0, 0.05) is 35.3 Å². The number of carbonyl (C=O) groups excluding carboxylic acids is 2. The van der Waals surface area contributed by atoms with Crippen LogP contribution in [0.25, 0.3) is 0 Å². The van der Waals surface area contributed by atoms with Crippen LogP contribution in [-0.2, 0) is 9.59 Å². The lowest BCUT2D eigenvalue weighted by atomic mass is 9.93. The number of aromatic nitrogens is 1. The Balaban J connectivity index is 1.66. The highest BCUT2D eigenvalue weighted by molar-refractivity contribution is 6.35. The molecule has 12 nitrogen and oxygen atoms in total. The Morgan fingerprint density at radius 2 is 1.95 bits per heavy atom. The molecule has 198 valence electrons. The fourth-order valence-electron chi connectivity index (χ4n) is 3.42. The first-order valence-corrected chi connectivity index (χ1v) is 11.9. The number of phenols is 1. The van der Waals surface area contributed by atoms with Gasteiger partial charge in [-0.2, -0.15) is 0 Å². The second-order valence-corrected chi connectivity index (χ2v) is 10.0. The summed E-state index contributed by atoms with van der Waals surface area (Å²) >= 11 is 11.9. The standard InChI is InChI=1S/C23H26Cl2N6O6/c1-23(2)9-28-22(29-10-23)31-16-3-11(7-26-21(16)37)20(36)27-8-17(32)30-15(6-18(33)34)13-4-12(24)5-14(25)19(13)35/h3-5,7,15,35H,6,8-10H2,1-2H3,(H,26,37)(H,27,36)(H,30,32)(H,33,34)(H2,28,29,31)/t15-/m0/s1. The zero-order valence-corrected chi connectivity index (χ0v) is 21.5. The Kier molecular flexibility index (Phi) is 8.66. The van der Waals surface area contributed by atoms with Crippen molar-refractivity contribution in [1.29, 1.82) is 0 Å². The zero-order valence-electron chi connectivity index (χ0n) is 19.9. The maximum Gasteiger partial charge on any atom is 0.305 e. The molecule has 7 N–H and O–H groups in total. The fraction of sp³-hybridized carbons (Fsp3) is 0.348. The third-order valence-electron chi connectivity index (χ3n) is 5.37. The Morgan fingerprint density at radius 3 is 2.59 bits per heavy atom. The molecule has 14 heteroatoms. The molecular weight excluding hydrogens is 527 g/mol. The van der Waals surface area contributed by atoms with Crippen LogP contribution in [0.3, 0.4) is 0 Å². The minimum Gasteiger partial charge on any atom is -0.506 e. The number of hydrogen-bond donors (Lipinski definition) is 7. The molecule has 37 heavy (non-hydrogen) atoms. The summed E-state index contributed by atoms with van der Waals surface area (Å²) in [5.41, 5.74) is -0.342. The molecule has 2 amide bonds. The van der Waals surface area contributed by atoms with Crippen molar-refractivity contribution in [3.8, 4) is 5.75 Å². The molecule has 1 aromatic heterocycles. The smallest absolute Gasteiger partial charge is 0.305 e. The van der Waals surface area contributed by atoms with Gasteiger partial charge in [-0.1, -0.05) is 37.0 Å². The van der Waals surface area contributed by atoms with Gasteiger partial charge in [0.15, 0.2) is 5.96 Å². The van der Waals surface area contributed by atoms with Gasteiger partial charge in [0.05, 0.1) is 29.6 Å². The number of carboxylic acid groups (broad SMARTS) is 1. The fourth-order valence-corrected chi connectivity index (χ4v) is 3.93. The van der Waals surface area contributed by atoms with Crippen LogP contribution < -0.4 is 26.8 Å². The van der Waals surface area contributed by atoms with E-state index in [9.17, 15) is 29.4 Å². The Hall–Kier alpha value is -3.77. The number of guanidine groups is 1. The molecule has 1 aromatic carbocycles. The average Bonchev–Trinajstić information content (AvgIpc) is 2.81. The third kappa shape index (κ3) is 7.61. The molecule has 2 aromatic rings. The van der Waals surface area contributed by atoms with Crippen LogP contribution in [0.2, 0.25) is 10.0 Å². The van der Waals surface area contributed by atoms with Crippen LogP contribution >= 0.6 is 23.2 Å². The number of H-pyrrole nitrogens is 1. The maximum absolute atomic E-state index is 12.6. The second kappa shape index (κ2) is 11.5. The predicted molar refractivity (Wildman–Crippen MR) is 138 cm³/mol. The SMILES string of the molecule is CC1(C)CN=C(Nc2cc(C(=O)NCC(=O)N[C@@H](CC(=O)O)c3cc(Cl)cc(Cl)c3O)c[nH]c2=O)NC1. The van der Waals surface area contributed by atoms with Crippen molar-refractivity contribution in [2.45, 2.75) is 26.3 Å². The quantitative estimate of drug-likeness (QED) is 0.258. The molecule has 0 saturated carbocycles. The molecular formula is C23H26Cl2N6O6. The van der Waals surface area contributed by atoms with Crippen molar-refractivity contribution in [1.82, 2.24) is 20.9 Å². The Morgan fingerprint density at radius 1 is 1.22 bits per heavy atom. The van der Waals surface area contributed by atoms with E-state index in [0.29, 0.717) is 19.0 Å². The van der Waals surface area contributed by atoms with Crippen LogP contribution in [0, 0.1) is 5.41 Å². The number of rotatable bonds is 8. The number of amides is 2. The highest BCUT2D eigenvalue weighted by Gasteiger charge is 2.24. The van der Waals surface area contributed by atoms with Crippen LogP contribution in [0.15, 0.2) is 34.2 Å². The molecule has 2 heterocycles. The number of nitrogens with zero attached hydrogens (tertiary/aromatic N) is 1. The molecule has 1 aliphatic rings. The number of carboxylic acids is 1. The number of hydrogen-bond acceptors (Lipinski definition) is 8. The number of benzene rings is 1. The summed E-state index contributed by atoms with van der Waals surface area (Å²) in [6.07, 6.45) is 0.618. The minimum absolute atomic E-state index is 0.0125. The summed E-state index contributed by atoms with van der Waals surface area (Å²) in [5, 5.41) is 30.3. The van der Waals surface area contributed by atoms with Gasteiger partial charge in [0.25, 0.3) is 11.5 Å². The summed E-state index contributed by atoms with van der Waals surface area (Å²) in [6.45, 7) is 4.77. The molecule has 3 rings (SSSR count). The lowest BCUT2D eigenvalue weighted by Crippen LogP contribution is -2.44. The van der Waals surface area contributed by atoms with Gasteiger partial charge < -0.3 is 36.5 Å². The number of phenolic OH excluding ortho intramolecular Hbond substituents is 1. The summed E-state index contributed by atoms with van der Waals surface area (Å²) in [4.78, 5) is 55.4. The van der Waals surface area contributed by atoms with Gasteiger partial charge in [-0.15, -0.1) is 0 Å². The predicted octanol–water partition coefficient (Wildman–Crippen LogP) is 1.85. The first-order chi connectivity index (χ1) is 17.3. The lowest BCUT2D eigenvalue weighted by molar-refractivity contribution is -0.137. The number of aromatic amines is 1. The number of pyridine rings is 1. The van der Waals surface area contributed by atoms with E-state index in [1.54, 1.807) is 0 Å². The lowest BCUT2D eigenvalue weighted by Gasteiger charge is -2.29. The van der Waals surface area contributed by atoms with E-state index in [1.807, 2.05) is 13.8 Å². The number of nitrogens with one attached hydrogen (secondary N) is 5. The number of halogens is 2. The minimum atomic E-state index is -1.25. The van der Waals surface area contributed by atoms with Crippen molar-refractivity contribution in [3.63, 3.8) is 0 Å². The van der Waals surface area contributed by atoms with Crippen molar-refractivity contribution < 1.29 is 24.6 Å². The van der Waals surface area contributed by atoms with E-state index in [2.05, 4.69) is 31.2 Å². The van der Waals surface area contributed by atoms with E-state index in [1.165, 1.54) is 24.4 Å². The average molecular weight is 553 g/mol. The summed E-state index contributed by atoms with van der Waals surface area (Å²) < 4.78 is 0. The van der Waals surface area contributed by atoms with Crippen molar-refractivity contribution in [2.75, 3.05) is 25.0 Å².